The summed E-state index contributed by atoms with van der Waals surface area (Å²) in [7, 11) is 0. The second-order valence-corrected chi connectivity index (χ2v) is 8.66. The lowest BCUT2D eigenvalue weighted by molar-refractivity contribution is -0.385. The lowest BCUT2D eigenvalue weighted by Gasteiger charge is -2.04. The summed E-state index contributed by atoms with van der Waals surface area (Å²) in [6, 6.07) is 18.1. The summed E-state index contributed by atoms with van der Waals surface area (Å²) < 4.78 is 0. The van der Waals surface area contributed by atoms with Gasteiger partial charge in [-0.15, -0.1) is 0 Å². The van der Waals surface area contributed by atoms with Crippen molar-refractivity contribution in [2.24, 2.45) is 20.4 Å². The number of non-ortho nitro benzene ring substituents is 2. The van der Waals surface area contributed by atoms with Crippen LogP contribution in [0.25, 0.3) is 21.8 Å². The average Bonchev–Trinajstić information content (AvgIpc) is 2.98. The van der Waals surface area contributed by atoms with E-state index in [1.54, 1.807) is 12.1 Å². The second kappa shape index (κ2) is 11.7. The lowest BCUT2D eigenvalue weighted by Crippen LogP contribution is -1.94. The van der Waals surface area contributed by atoms with Crippen LogP contribution in [0.1, 0.15) is 22.5 Å². The van der Waals surface area contributed by atoms with Gasteiger partial charge in [-0.05, 0) is 24.3 Å². The fraction of sp³-hybridized carbons (Fsp3) is 0. The van der Waals surface area contributed by atoms with Crippen LogP contribution in [0.2, 0.25) is 0 Å². The van der Waals surface area contributed by atoms with Crippen LogP contribution in [0.15, 0.2) is 93.2 Å². The molecule has 0 atom stereocenters. The van der Waals surface area contributed by atoms with Gasteiger partial charge >= 0.3 is 0 Å². The summed E-state index contributed by atoms with van der Waals surface area (Å²) in [5.41, 5.74) is 2.04. The van der Waals surface area contributed by atoms with Gasteiger partial charge in [0, 0.05) is 46.2 Å². The molecule has 14 heteroatoms. The first kappa shape index (κ1) is 27.1. The highest BCUT2D eigenvalue weighted by Crippen LogP contribution is 2.24. The van der Waals surface area contributed by atoms with Crippen LogP contribution in [-0.2, 0) is 0 Å². The highest BCUT2D eigenvalue weighted by Gasteiger charge is 2.10. The van der Waals surface area contributed by atoms with Gasteiger partial charge in [0.2, 0.25) is 0 Å². The largest absolute Gasteiger partial charge is 0.507 e. The van der Waals surface area contributed by atoms with Crippen LogP contribution in [0.4, 0.5) is 11.4 Å². The summed E-state index contributed by atoms with van der Waals surface area (Å²) in [5, 5.41) is 59.0. The molecule has 0 saturated heterocycles. The van der Waals surface area contributed by atoms with Crippen molar-refractivity contribution in [3.05, 3.63) is 116 Å². The fourth-order valence-corrected chi connectivity index (χ4v) is 3.84. The van der Waals surface area contributed by atoms with Crippen molar-refractivity contribution < 1.29 is 20.1 Å². The summed E-state index contributed by atoms with van der Waals surface area (Å²) in [5.74, 6) is -0.346. The molecule has 0 radical (unpaired) electrons. The third-order valence-electron chi connectivity index (χ3n) is 5.91. The molecule has 206 valence electrons. The number of fused-ring (bicyclic) bond motifs is 3. The number of hydrogen-bond donors (Lipinski definition) is 2. The van der Waals surface area contributed by atoms with E-state index >= 15 is 0 Å². The second-order valence-electron chi connectivity index (χ2n) is 8.66. The van der Waals surface area contributed by atoms with Crippen molar-refractivity contribution in [3.8, 4) is 11.5 Å². The van der Waals surface area contributed by atoms with Crippen molar-refractivity contribution in [1.29, 1.82) is 0 Å². The van der Waals surface area contributed by atoms with Crippen molar-refractivity contribution >= 4 is 58.0 Å². The molecule has 5 aromatic rings. The molecule has 42 heavy (non-hydrogen) atoms. The molecule has 0 aliphatic carbocycles. The summed E-state index contributed by atoms with van der Waals surface area (Å²) in [6.45, 7) is 0. The number of nitro benzene ring substituents is 2. The fourth-order valence-electron chi connectivity index (χ4n) is 3.84. The number of rotatable bonds is 8. The molecule has 0 amide bonds. The number of phenols is 2. The highest BCUT2D eigenvalue weighted by molar-refractivity contribution is 6.04. The minimum absolute atomic E-state index is 0.142. The van der Waals surface area contributed by atoms with Gasteiger partial charge in [0.25, 0.3) is 11.4 Å². The summed E-state index contributed by atoms with van der Waals surface area (Å²) >= 11 is 0. The standard InChI is InChI=1S/C28H18N8O6/c37-25-9-7-23(35(39)40)11-19(25)13-29-31-15-21-5-3-17-1-2-18-4-6-22(34-28(18)27(17)33-21)16-32-30-14-20-12-24(36(41)42)8-10-26(20)38/h1-16,37-38H/b29-13+,30-14+,31-15+,32-16+. The van der Waals surface area contributed by atoms with E-state index in [9.17, 15) is 30.4 Å². The predicted octanol–water partition coefficient (Wildman–Crippen LogP) is 4.92. The topological polar surface area (TPSA) is 202 Å². The van der Waals surface area contributed by atoms with E-state index in [1.807, 2.05) is 24.3 Å². The maximum atomic E-state index is 11.0. The predicted molar refractivity (Wildman–Crippen MR) is 157 cm³/mol. The molecule has 2 N–H and O–H groups in total. The van der Waals surface area contributed by atoms with E-state index in [0.717, 1.165) is 10.8 Å². The third-order valence-corrected chi connectivity index (χ3v) is 5.91. The Balaban J connectivity index is 1.38. The van der Waals surface area contributed by atoms with Gasteiger partial charge in [-0.1, -0.05) is 24.3 Å². The Kier molecular flexibility index (Phi) is 7.59. The first-order chi connectivity index (χ1) is 20.3. The quantitative estimate of drug-likeness (QED) is 0.115. The summed E-state index contributed by atoms with van der Waals surface area (Å²) in [4.78, 5) is 30.0. The van der Waals surface area contributed by atoms with Crippen LogP contribution in [0, 0.1) is 20.2 Å². The van der Waals surface area contributed by atoms with Gasteiger partial charge in [0.15, 0.2) is 0 Å². The molecule has 0 fully saturated rings. The molecule has 5 rings (SSSR count). The highest BCUT2D eigenvalue weighted by atomic mass is 16.6. The van der Waals surface area contributed by atoms with Crippen molar-refractivity contribution in [3.63, 3.8) is 0 Å². The molecule has 3 aromatic carbocycles. The van der Waals surface area contributed by atoms with Gasteiger partial charge < -0.3 is 10.2 Å². The number of pyridine rings is 2. The van der Waals surface area contributed by atoms with Crippen LogP contribution in [-0.4, -0.2) is 54.9 Å². The molecule has 0 aliphatic rings. The molecular formula is C28H18N8O6. The minimum atomic E-state index is -0.575. The van der Waals surface area contributed by atoms with Gasteiger partial charge in [-0.2, -0.15) is 20.4 Å². The zero-order valence-electron chi connectivity index (χ0n) is 21.3. The van der Waals surface area contributed by atoms with E-state index < -0.39 is 9.85 Å². The SMILES string of the molecule is O=[N+]([O-])c1ccc(O)c(/C=N/N=C/c2ccc3ccc4ccc(/C=N/N=C/c5cc([N+](=O)[O-])ccc5O)nc4c3n2)c1. The Morgan fingerprint density at radius 3 is 1.36 bits per heavy atom. The first-order valence-corrected chi connectivity index (χ1v) is 12.1. The zero-order chi connectivity index (χ0) is 29.6. The monoisotopic (exact) mass is 562 g/mol. The smallest absolute Gasteiger partial charge is 0.270 e. The summed E-state index contributed by atoms with van der Waals surface area (Å²) in [6.07, 6.45) is 5.19. The molecule has 2 aromatic heterocycles. The van der Waals surface area contributed by atoms with Gasteiger partial charge in [0.1, 0.15) is 11.5 Å². The lowest BCUT2D eigenvalue weighted by atomic mass is 10.1. The number of nitro groups is 2. The Morgan fingerprint density at radius 1 is 0.571 bits per heavy atom. The average molecular weight is 563 g/mol. The molecule has 2 heterocycles. The molecule has 0 bridgehead atoms. The third kappa shape index (κ3) is 6.07. The van der Waals surface area contributed by atoms with Crippen LogP contribution < -0.4 is 0 Å². The Bertz CT molecular complexity index is 1850. The van der Waals surface area contributed by atoms with Gasteiger partial charge in [0.05, 0.1) is 57.1 Å². The van der Waals surface area contributed by atoms with Crippen molar-refractivity contribution in [1.82, 2.24) is 9.97 Å². The number of aromatic hydroxyl groups is 2. The first-order valence-electron chi connectivity index (χ1n) is 12.1. The van der Waals surface area contributed by atoms with E-state index in [-0.39, 0.29) is 34.0 Å². The molecule has 0 unspecified atom stereocenters. The Labute approximate surface area is 235 Å². The van der Waals surface area contributed by atoms with E-state index in [1.165, 1.54) is 61.3 Å². The number of hydrogen-bond acceptors (Lipinski definition) is 12. The maximum Gasteiger partial charge on any atom is 0.270 e. The Morgan fingerprint density at radius 2 is 0.952 bits per heavy atom. The van der Waals surface area contributed by atoms with Crippen LogP contribution in [0.5, 0.6) is 11.5 Å². The van der Waals surface area contributed by atoms with Crippen LogP contribution in [0.3, 0.4) is 0 Å². The number of phenolic OH excluding ortho intramolecular Hbond substituents is 2. The van der Waals surface area contributed by atoms with E-state index in [2.05, 4.69) is 30.4 Å². The molecule has 14 nitrogen and oxygen atoms in total. The number of benzene rings is 3. The molecule has 0 spiro atoms. The Hall–Kier alpha value is -6.44. The van der Waals surface area contributed by atoms with E-state index in [4.69, 9.17) is 0 Å². The maximum absolute atomic E-state index is 11.0. The minimum Gasteiger partial charge on any atom is -0.507 e. The van der Waals surface area contributed by atoms with Crippen molar-refractivity contribution in [2.75, 3.05) is 0 Å². The number of nitrogens with zero attached hydrogens (tertiary/aromatic N) is 8. The van der Waals surface area contributed by atoms with Crippen molar-refractivity contribution in [2.45, 2.75) is 0 Å². The van der Waals surface area contributed by atoms with Gasteiger partial charge in [-0.3, -0.25) is 20.2 Å². The normalized spacial score (nSPS) is 12.0. The van der Waals surface area contributed by atoms with Gasteiger partial charge in [-0.25, -0.2) is 9.97 Å². The molecule has 0 aliphatic heterocycles. The number of aromatic nitrogens is 2. The molecule has 0 saturated carbocycles. The molecular weight excluding hydrogens is 544 g/mol. The van der Waals surface area contributed by atoms with Crippen LogP contribution >= 0.6 is 0 Å². The zero-order valence-corrected chi connectivity index (χ0v) is 21.3. The van der Waals surface area contributed by atoms with E-state index in [0.29, 0.717) is 22.4 Å².